The van der Waals surface area contributed by atoms with Gasteiger partial charge in [0.15, 0.2) is 0 Å². The Labute approximate surface area is 257 Å². The summed E-state index contributed by atoms with van der Waals surface area (Å²) in [7, 11) is 2.43. The fraction of sp³-hybridized carbons (Fsp3) is 0.300. The average Bonchev–Trinajstić information content (AvgIpc) is 3.47. The summed E-state index contributed by atoms with van der Waals surface area (Å²) in [5.41, 5.74) is 3.88. The molecule has 0 atom stereocenters. The number of methoxy groups -OCH3 is 1. The molecule has 12 heteroatoms. The van der Waals surface area contributed by atoms with Gasteiger partial charge in [-0.2, -0.15) is 10.1 Å². The van der Waals surface area contributed by atoms with Gasteiger partial charge in [0, 0.05) is 84.3 Å². The summed E-state index contributed by atoms with van der Waals surface area (Å²) in [5, 5.41) is 11.8. The number of hydrogen-bond donors (Lipinski definition) is 2. The molecule has 4 heterocycles. The van der Waals surface area contributed by atoms with Crippen LogP contribution in [-0.2, 0) is 11.8 Å². The molecule has 2 N–H and O–H groups in total. The van der Waals surface area contributed by atoms with Crippen LogP contribution >= 0.6 is 7.92 Å². The highest BCUT2D eigenvalue weighted by Crippen LogP contribution is 2.41. The summed E-state index contributed by atoms with van der Waals surface area (Å²) in [6.07, 6.45) is 8.04. The summed E-state index contributed by atoms with van der Waals surface area (Å²) in [6.45, 7) is -6.76. The van der Waals surface area contributed by atoms with Crippen molar-refractivity contribution in [3.63, 3.8) is 0 Å². The lowest BCUT2D eigenvalue weighted by Crippen LogP contribution is -2.36. The number of rotatable bonds is 8. The van der Waals surface area contributed by atoms with Crippen molar-refractivity contribution in [2.24, 2.45) is 7.05 Å². The minimum Gasteiger partial charge on any atom is -0.494 e. The molecule has 1 saturated heterocycles. The van der Waals surface area contributed by atoms with Gasteiger partial charge in [-0.15, -0.1) is 0 Å². The first kappa shape index (κ1) is 19.7. The Morgan fingerprint density at radius 1 is 1.02 bits per heavy atom. The van der Waals surface area contributed by atoms with Crippen LogP contribution in [0.4, 0.5) is 28.8 Å². The maximum absolute atomic E-state index is 8.68. The number of hydrogen-bond acceptors (Lipinski definition) is 10. The fourth-order valence-electron chi connectivity index (χ4n) is 4.58. The van der Waals surface area contributed by atoms with Crippen LogP contribution in [0.15, 0.2) is 55.2 Å². The maximum Gasteiger partial charge on any atom is 0.229 e. The second kappa shape index (κ2) is 11.9. The lowest BCUT2D eigenvalue weighted by Gasteiger charge is -2.31. The molecule has 1 aliphatic heterocycles. The summed E-state index contributed by atoms with van der Waals surface area (Å²) in [6, 6.07) is 6.68. The van der Waals surface area contributed by atoms with Crippen molar-refractivity contribution in [3.05, 3.63) is 60.8 Å². The lowest BCUT2D eigenvalue weighted by atomic mass is 10.0. The van der Waals surface area contributed by atoms with Gasteiger partial charge >= 0.3 is 0 Å². The highest BCUT2D eigenvalue weighted by Gasteiger charge is 2.21. The predicted molar refractivity (Wildman–Crippen MR) is 170 cm³/mol. The normalized spacial score (nSPS) is 21.1. The van der Waals surface area contributed by atoms with Crippen LogP contribution in [-0.4, -0.2) is 76.3 Å². The highest BCUT2D eigenvalue weighted by atomic mass is 31.1. The molecule has 0 radical (unpaired) electrons. The van der Waals surface area contributed by atoms with E-state index in [9.17, 15) is 0 Å². The van der Waals surface area contributed by atoms with Gasteiger partial charge in [-0.05, 0) is 38.5 Å². The van der Waals surface area contributed by atoms with Crippen LogP contribution in [0.25, 0.3) is 22.2 Å². The molecule has 0 amide bonds. The Kier molecular flexibility index (Phi) is 5.58. The number of nitrogens with zero attached hydrogens (tertiary/aromatic N) is 7. The molecular formula is C30H34N9O2P. The van der Waals surface area contributed by atoms with Crippen molar-refractivity contribution >= 4 is 53.1 Å². The summed E-state index contributed by atoms with van der Waals surface area (Å²) in [5.74, 6) is 0.776. The molecule has 0 unspecified atom stereocenters. The van der Waals surface area contributed by atoms with E-state index in [1.807, 2.05) is 19.1 Å². The van der Waals surface area contributed by atoms with E-state index in [4.69, 9.17) is 25.4 Å². The third kappa shape index (κ3) is 5.57. The van der Waals surface area contributed by atoms with Crippen LogP contribution in [0.5, 0.6) is 5.75 Å². The first-order valence-electron chi connectivity index (χ1n) is 16.9. The SMILES string of the molecule is [2H]C1([2H])OC([2H])([2H])C([2H])([2H])N(c2cc(OC)c(Nc3ncc(C)c(Nc4ccc5nccnc5c4P(C)C)n3)cc2-c2cnn(C)c2)C1([2H])[2H]. The number of fused-ring (bicyclic) bond motifs is 1. The Hall–Kier alpha value is -4.34. The van der Waals surface area contributed by atoms with E-state index in [0.29, 0.717) is 22.0 Å². The van der Waals surface area contributed by atoms with E-state index >= 15 is 0 Å². The first-order valence-corrected chi connectivity index (χ1v) is 15.1. The average molecular weight is 592 g/mol. The van der Waals surface area contributed by atoms with Gasteiger partial charge in [0.2, 0.25) is 5.95 Å². The number of nitrogens with one attached hydrogen (secondary N) is 2. The van der Waals surface area contributed by atoms with Crippen molar-refractivity contribution in [2.45, 2.75) is 6.92 Å². The van der Waals surface area contributed by atoms with Gasteiger partial charge in [0.25, 0.3) is 0 Å². The van der Waals surface area contributed by atoms with Crippen molar-refractivity contribution in [3.8, 4) is 16.9 Å². The Morgan fingerprint density at radius 3 is 2.57 bits per heavy atom. The van der Waals surface area contributed by atoms with Crippen LogP contribution < -0.4 is 25.6 Å². The van der Waals surface area contributed by atoms with E-state index in [1.165, 1.54) is 30.1 Å². The number of morpholine rings is 1. The summed E-state index contributed by atoms with van der Waals surface area (Å²) >= 11 is 0. The third-order valence-electron chi connectivity index (χ3n) is 6.52. The zero-order valence-electron chi connectivity index (χ0n) is 31.6. The van der Waals surface area contributed by atoms with Crippen molar-refractivity contribution < 1.29 is 20.4 Å². The lowest BCUT2D eigenvalue weighted by molar-refractivity contribution is 0.122. The van der Waals surface area contributed by atoms with Crippen molar-refractivity contribution in [1.29, 1.82) is 0 Å². The molecule has 42 heavy (non-hydrogen) atoms. The molecule has 0 spiro atoms. The Balaban J connectivity index is 1.46. The molecule has 0 saturated carbocycles. The number of aryl methyl sites for hydroxylation is 2. The van der Waals surface area contributed by atoms with Gasteiger partial charge in [0.05, 0.1) is 54.1 Å². The standard InChI is InChI=1S/C30H34N9O2P/c1-19-16-33-30(37-29(19)35-23-7-6-22-27(28(23)42(4)5)32-9-8-31-22)36-24-14-21(20-17-34-38(2)18-20)25(15-26(24)40-3)39-10-12-41-13-11-39/h6-9,14-18H,10-13H2,1-5H3,(H2,33,35,36,37)/i10D2,11D2,12D2,13D2. The fourth-order valence-corrected chi connectivity index (χ4v) is 5.78. The molecular weight excluding hydrogens is 549 g/mol. The van der Waals surface area contributed by atoms with Crippen molar-refractivity contribution in [1.82, 2.24) is 29.7 Å². The molecule has 1 aliphatic rings. The predicted octanol–water partition coefficient (Wildman–Crippen LogP) is 4.83. The van der Waals surface area contributed by atoms with Gasteiger partial charge in [-0.1, -0.05) is 7.92 Å². The van der Waals surface area contributed by atoms with Crippen LogP contribution in [0.3, 0.4) is 0 Å². The van der Waals surface area contributed by atoms with Gasteiger partial charge in [-0.3, -0.25) is 14.6 Å². The quantitative estimate of drug-likeness (QED) is 0.243. The Morgan fingerprint density at radius 2 is 1.83 bits per heavy atom. The van der Waals surface area contributed by atoms with E-state index < -0.39 is 34.0 Å². The monoisotopic (exact) mass is 591 g/mol. The second-order valence-electron chi connectivity index (χ2n) is 9.59. The third-order valence-corrected chi connectivity index (χ3v) is 7.87. The highest BCUT2D eigenvalue weighted by molar-refractivity contribution is 7.65. The minimum atomic E-state index is -3.26. The molecule has 0 bridgehead atoms. The van der Waals surface area contributed by atoms with Gasteiger partial charge < -0.3 is 25.0 Å². The second-order valence-corrected chi connectivity index (χ2v) is 11.8. The number of aromatic nitrogens is 6. The zero-order chi connectivity index (χ0) is 36.4. The molecule has 1 fully saturated rings. The summed E-state index contributed by atoms with van der Waals surface area (Å²) < 4.78 is 79.6. The largest absolute Gasteiger partial charge is 0.494 e. The Bertz CT molecular complexity index is 2070. The molecule has 3 aromatic heterocycles. The van der Waals surface area contributed by atoms with Crippen LogP contribution in [0.1, 0.15) is 16.5 Å². The molecule has 0 aliphatic carbocycles. The zero-order valence-corrected chi connectivity index (χ0v) is 24.5. The topological polar surface area (TPSA) is 115 Å². The molecule has 2 aromatic carbocycles. The smallest absolute Gasteiger partial charge is 0.229 e. The van der Waals surface area contributed by atoms with Crippen molar-refractivity contribution in [2.75, 3.05) is 62.1 Å². The number of anilines is 5. The van der Waals surface area contributed by atoms with Crippen LogP contribution in [0, 0.1) is 6.92 Å². The molecule has 6 rings (SSSR count). The first-order chi connectivity index (χ1) is 23.4. The minimum absolute atomic E-state index is 0.0866. The number of benzene rings is 2. The molecule has 5 aromatic rings. The maximum atomic E-state index is 8.68. The van der Waals surface area contributed by atoms with E-state index in [2.05, 4.69) is 44.0 Å². The summed E-state index contributed by atoms with van der Waals surface area (Å²) in [4.78, 5) is 18.6. The van der Waals surface area contributed by atoms with E-state index in [1.54, 1.807) is 31.8 Å². The van der Waals surface area contributed by atoms with E-state index in [-0.39, 0.29) is 22.9 Å². The van der Waals surface area contributed by atoms with Gasteiger partial charge in [-0.25, -0.2) is 4.98 Å². The van der Waals surface area contributed by atoms with Gasteiger partial charge in [0.1, 0.15) is 11.6 Å². The molecule has 11 nitrogen and oxygen atoms in total. The van der Waals surface area contributed by atoms with E-state index in [0.717, 1.165) is 27.6 Å². The van der Waals surface area contributed by atoms with Crippen LogP contribution in [0.2, 0.25) is 0 Å². The molecule has 216 valence electrons. The number of ether oxygens (including phenoxy) is 2.